The molecule has 168 valence electrons. The van der Waals surface area contributed by atoms with Gasteiger partial charge < -0.3 is 5.32 Å². The van der Waals surface area contributed by atoms with Crippen molar-refractivity contribution in [3.05, 3.63) is 94.5 Å². The number of aromatic nitrogens is 2. The second-order valence-electron chi connectivity index (χ2n) is 7.31. The van der Waals surface area contributed by atoms with Gasteiger partial charge in [0.25, 0.3) is 15.9 Å². The van der Waals surface area contributed by atoms with Crippen molar-refractivity contribution in [1.82, 2.24) is 10.1 Å². The van der Waals surface area contributed by atoms with Crippen molar-refractivity contribution < 1.29 is 17.7 Å². The van der Waals surface area contributed by atoms with E-state index in [0.717, 1.165) is 5.56 Å². The highest BCUT2D eigenvalue weighted by molar-refractivity contribution is 7.92. The van der Waals surface area contributed by atoms with E-state index in [4.69, 9.17) is 0 Å². The molecule has 0 radical (unpaired) electrons. The Kier molecular flexibility index (Phi) is 5.84. The van der Waals surface area contributed by atoms with Gasteiger partial charge in [-0.2, -0.15) is 0 Å². The average molecular weight is 465 g/mol. The third-order valence-corrected chi connectivity index (χ3v) is 6.81. The van der Waals surface area contributed by atoms with E-state index in [2.05, 4.69) is 20.0 Å². The van der Waals surface area contributed by atoms with Crippen LogP contribution in [0.5, 0.6) is 0 Å². The number of amides is 1. The van der Waals surface area contributed by atoms with Gasteiger partial charge in [0.2, 0.25) is 0 Å². The van der Waals surface area contributed by atoms with E-state index in [-0.39, 0.29) is 16.6 Å². The quantitative estimate of drug-likeness (QED) is 0.450. The van der Waals surface area contributed by atoms with Crippen LogP contribution in [-0.4, -0.2) is 31.5 Å². The number of hydrogen-bond acceptors (Lipinski definition) is 6. The third-order valence-electron chi connectivity index (χ3n) is 5.01. The first-order valence-electron chi connectivity index (χ1n) is 9.87. The number of H-pyrrole nitrogens is 1. The second kappa shape index (κ2) is 8.75. The van der Waals surface area contributed by atoms with Gasteiger partial charge in [0, 0.05) is 23.9 Å². The van der Waals surface area contributed by atoms with Crippen molar-refractivity contribution in [3.63, 3.8) is 0 Å². The van der Waals surface area contributed by atoms with Crippen LogP contribution in [-0.2, 0) is 10.0 Å². The molecule has 0 bridgehead atoms. The van der Waals surface area contributed by atoms with Gasteiger partial charge in [0.1, 0.15) is 0 Å². The number of nitrogens with zero attached hydrogens (tertiary/aromatic N) is 2. The lowest BCUT2D eigenvalue weighted by Crippen LogP contribution is -2.26. The van der Waals surface area contributed by atoms with Crippen molar-refractivity contribution in [1.29, 1.82) is 0 Å². The maximum absolute atomic E-state index is 12.9. The lowest BCUT2D eigenvalue weighted by molar-refractivity contribution is 0.102. The highest BCUT2D eigenvalue weighted by atomic mass is 32.2. The molecule has 0 saturated carbocycles. The summed E-state index contributed by atoms with van der Waals surface area (Å²) in [6.45, 7) is 1.88. The van der Waals surface area contributed by atoms with Crippen LogP contribution < -0.4 is 15.4 Å². The van der Waals surface area contributed by atoms with Gasteiger partial charge in [-0.15, -0.1) is 0 Å². The lowest BCUT2D eigenvalue weighted by atomic mass is 10.1. The van der Waals surface area contributed by atoms with Crippen LogP contribution in [0.25, 0.3) is 11.4 Å². The number of hydrogen-bond donors (Lipinski definition) is 2. The molecule has 0 aliphatic rings. The van der Waals surface area contributed by atoms with Crippen LogP contribution in [0, 0.1) is 6.92 Å². The molecule has 9 nitrogen and oxygen atoms in total. The zero-order chi connectivity index (χ0) is 23.6. The van der Waals surface area contributed by atoms with Crippen molar-refractivity contribution in [3.8, 4) is 11.4 Å². The van der Waals surface area contributed by atoms with Crippen LogP contribution in [0.15, 0.2) is 87.0 Å². The van der Waals surface area contributed by atoms with Gasteiger partial charge in [-0.1, -0.05) is 35.0 Å². The predicted molar refractivity (Wildman–Crippen MR) is 124 cm³/mol. The molecule has 4 aromatic rings. The molecule has 1 amide bonds. The van der Waals surface area contributed by atoms with Gasteiger partial charge in [-0.25, -0.2) is 13.2 Å². The van der Waals surface area contributed by atoms with E-state index in [1.807, 2.05) is 6.92 Å². The molecule has 0 saturated heterocycles. The summed E-state index contributed by atoms with van der Waals surface area (Å²) in [4.78, 5) is 26.4. The minimum absolute atomic E-state index is 0.186. The standard InChI is InChI=1S/C23H20N4O5S/c1-15-6-12-20(13-7-15)33(30,31)27(2)19-10-8-16(9-11-19)22(28)24-18-5-3-4-17(14-18)21-25-23(29)32-26-21/h3-14H,1-2H3,(H,24,28)(H,25,26,29). The molecule has 4 rings (SSSR count). The van der Waals surface area contributed by atoms with Crippen molar-refractivity contribution in [2.45, 2.75) is 11.8 Å². The van der Waals surface area contributed by atoms with Crippen LogP contribution in [0.4, 0.5) is 11.4 Å². The fraction of sp³-hybridized carbons (Fsp3) is 0.0870. The first kappa shape index (κ1) is 22.0. The van der Waals surface area contributed by atoms with Gasteiger partial charge in [0.15, 0.2) is 5.82 Å². The number of nitrogens with one attached hydrogen (secondary N) is 2. The molecular formula is C23H20N4O5S. The Labute approximate surface area is 189 Å². The Bertz CT molecular complexity index is 1460. The maximum atomic E-state index is 12.9. The zero-order valence-corrected chi connectivity index (χ0v) is 18.6. The first-order chi connectivity index (χ1) is 15.7. The van der Waals surface area contributed by atoms with Gasteiger partial charge >= 0.3 is 5.76 Å². The highest BCUT2D eigenvalue weighted by Gasteiger charge is 2.21. The van der Waals surface area contributed by atoms with Gasteiger partial charge in [-0.3, -0.25) is 18.6 Å². The van der Waals surface area contributed by atoms with E-state index < -0.39 is 15.8 Å². The summed E-state index contributed by atoms with van der Waals surface area (Å²) < 4.78 is 31.4. The summed E-state index contributed by atoms with van der Waals surface area (Å²) in [6, 6.07) is 19.6. The topological polar surface area (TPSA) is 125 Å². The van der Waals surface area contributed by atoms with Gasteiger partial charge in [-0.05, 0) is 55.5 Å². The van der Waals surface area contributed by atoms with Crippen molar-refractivity contribution >= 4 is 27.3 Å². The normalized spacial score (nSPS) is 11.2. The fourth-order valence-corrected chi connectivity index (χ4v) is 4.33. The molecule has 0 spiro atoms. The molecule has 33 heavy (non-hydrogen) atoms. The molecule has 1 heterocycles. The zero-order valence-electron chi connectivity index (χ0n) is 17.8. The van der Waals surface area contributed by atoms with Crippen LogP contribution in [0.3, 0.4) is 0 Å². The Hall–Kier alpha value is -4.18. The molecule has 1 aromatic heterocycles. The molecule has 3 aromatic carbocycles. The number of sulfonamides is 1. The summed E-state index contributed by atoms with van der Waals surface area (Å²) in [7, 11) is -2.26. The molecule has 0 fully saturated rings. The molecule has 2 N–H and O–H groups in total. The van der Waals surface area contributed by atoms with Crippen LogP contribution in [0.1, 0.15) is 15.9 Å². The number of carbonyl (C=O) groups is 1. The maximum Gasteiger partial charge on any atom is 0.439 e. The molecule has 10 heteroatoms. The van der Waals surface area contributed by atoms with Gasteiger partial charge in [0.05, 0.1) is 10.6 Å². The Morgan fingerprint density at radius 3 is 2.36 bits per heavy atom. The van der Waals surface area contributed by atoms with E-state index in [9.17, 15) is 18.0 Å². The third kappa shape index (κ3) is 4.70. The minimum atomic E-state index is -3.73. The fourth-order valence-electron chi connectivity index (χ4n) is 3.13. The van der Waals surface area contributed by atoms with Crippen molar-refractivity contribution in [2.24, 2.45) is 0 Å². The average Bonchev–Trinajstić information content (AvgIpc) is 3.25. The molecule has 0 unspecified atom stereocenters. The number of rotatable bonds is 6. The predicted octanol–water partition coefficient (Wildman–Crippen LogP) is 3.42. The monoisotopic (exact) mass is 464 g/mol. The molecular weight excluding hydrogens is 444 g/mol. The number of carbonyl (C=O) groups excluding carboxylic acids is 1. The molecule has 0 aliphatic carbocycles. The van der Waals surface area contributed by atoms with Crippen LogP contribution in [0.2, 0.25) is 0 Å². The number of aromatic amines is 1. The number of benzene rings is 3. The first-order valence-corrected chi connectivity index (χ1v) is 11.3. The second-order valence-corrected chi connectivity index (χ2v) is 9.28. The smallest absolute Gasteiger partial charge is 0.322 e. The molecule has 0 atom stereocenters. The van der Waals surface area contributed by atoms with Crippen molar-refractivity contribution in [2.75, 3.05) is 16.7 Å². The summed E-state index contributed by atoms with van der Waals surface area (Å²) in [6.07, 6.45) is 0. The van der Waals surface area contributed by atoms with E-state index in [1.165, 1.54) is 11.4 Å². The lowest BCUT2D eigenvalue weighted by Gasteiger charge is -2.20. The summed E-state index contributed by atoms with van der Waals surface area (Å²) in [5.41, 5.74) is 2.79. The summed E-state index contributed by atoms with van der Waals surface area (Å²) >= 11 is 0. The molecule has 0 aliphatic heterocycles. The highest BCUT2D eigenvalue weighted by Crippen LogP contribution is 2.24. The largest absolute Gasteiger partial charge is 0.439 e. The minimum Gasteiger partial charge on any atom is -0.322 e. The van der Waals surface area contributed by atoms with E-state index in [0.29, 0.717) is 22.5 Å². The SMILES string of the molecule is Cc1ccc(S(=O)(=O)N(C)c2ccc(C(=O)Nc3cccc(-c4noc(=O)[nH]4)c3)cc2)cc1. The summed E-state index contributed by atoms with van der Waals surface area (Å²) in [5, 5.41) is 6.39. The number of anilines is 2. The van der Waals surface area contributed by atoms with Crippen LogP contribution >= 0.6 is 0 Å². The Balaban J connectivity index is 1.49. The Morgan fingerprint density at radius 2 is 1.73 bits per heavy atom. The number of aryl methyl sites for hydroxylation is 1. The Morgan fingerprint density at radius 1 is 1.03 bits per heavy atom. The summed E-state index contributed by atoms with van der Waals surface area (Å²) in [5.74, 6) is -0.802. The van der Waals surface area contributed by atoms with E-state index >= 15 is 0 Å². The van der Waals surface area contributed by atoms with E-state index in [1.54, 1.807) is 72.8 Å².